The van der Waals surface area contributed by atoms with Crippen LogP contribution >= 0.6 is 0 Å². The number of aliphatic hydroxyl groups is 1. The predicted molar refractivity (Wildman–Crippen MR) is 36.1 cm³/mol. The maximum atomic E-state index is 9.19. The van der Waals surface area contributed by atoms with Crippen molar-refractivity contribution in [1.29, 1.82) is 0 Å². The lowest BCUT2D eigenvalue weighted by Gasteiger charge is -2.13. The number of nitrogens with one attached hydrogen (secondary N) is 1. The van der Waals surface area contributed by atoms with Crippen LogP contribution in [0.15, 0.2) is 0 Å². The van der Waals surface area contributed by atoms with Crippen molar-refractivity contribution in [3.05, 3.63) is 0 Å². The van der Waals surface area contributed by atoms with E-state index in [0.29, 0.717) is 0 Å². The minimum absolute atomic E-state index is 0.0625. The summed E-state index contributed by atoms with van der Waals surface area (Å²) in [6.45, 7) is 1.74. The normalized spacial score (nSPS) is 38.0. The van der Waals surface area contributed by atoms with E-state index in [9.17, 15) is 5.11 Å². The fourth-order valence-corrected chi connectivity index (χ4v) is 1.06. The molecule has 4 N–H and O–H groups in total. The molecule has 1 fully saturated rings. The van der Waals surface area contributed by atoms with Gasteiger partial charge in [0.2, 0.25) is 0 Å². The molecule has 0 spiro atoms. The van der Waals surface area contributed by atoms with Crippen LogP contribution in [-0.4, -0.2) is 30.3 Å². The minimum Gasteiger partial charge on any atom is -0.391 e. The van der Waals surface area contributed by atoms with E-state index in [-0.39, 0.29) is 12.1 Å². The molecule has 0 bridgehead atoms. The molecule has 0 radical (unpaired) electrons. The second kappa shape index (κ2) is 3.15. The summed E-state index contributed by atoms with van der Waals surface area (Å²) >= 11 is 0. The number of nitrogens with two attached hydrogens (primary N) is 1. The molecule has 1 aliphatic rings. The van der Waals surface area contributed by atoms with Crippen LogP contribution in [0.1, 0.15) is 12.8 Å². The molecule has 0 amide bonds. The van der Waals surface area contributed by atoms with E-state index in [1.54, 1.807) is 0 Å². The molecule has 1 aliphatic heterocycles. The van der Waals surface area contributed by atoms with Gasteiger partial charge >= 0.3 is 0 Å². The van der Waals surface area contributed by atoms with Crippen LogP contribution in [0.5, 0.6) is 0 Å². The standard InChI is InChI=1S/C6H14N2O/c7-5-4-8-3-1-2-6(5)9/h5-6,8-9H,1-4,7H2/t5-,6+/m1/s1. The molecule has 3 nitrogen and oxygen atoms in total. The number of hydrogen-bond donors (Lipinski definition) is 3. The summed E-state index contributed by atoms with van der Waals surface area (Å²) in [5.41, 5.74) is 5.57. The number of hydrogen-bond acceptors (Lipinski definition) is 3. The van der Waals surface area contributed by atoms with Crippen LogP contribution in [0.4, 0.5) is 0 Å². The Balaban J connectivity index is 2.32. The topological polar surface area (TPSA) is 58.3 Å². The largest absolute Gasteiger partial charge is 0.391 e. The first-order chi connectivity index (χ1) is 4.30. The van der Waals surface area contributed by atoms with E-state index in [1.165, 1.54) is 0 Å². The van der Waals surface area contributed by atoms with Crippen molar-refractivity contribution < 1.29 is 5.11 Å². The van der Waals surface area contributed by atoms with Gasteiger partial charge in [-0.3, -0.25) is 0 Å². The molecule has 1 heterocycles. The third-order valence-corrected chi connectivity index (χ3v) is 1.73. The van der Waals surface area contributed by atoms with E-state index in [2.05, 4.69) is 5.32 Å². The Bertz CT molecular complexity index is 77.1. The van der Waals surface area contributed by atoms with E-state index >= 15 is 0 Å². The van der Waals surface area contributed by atoms with Crippen LogP contribution < -0.4 is 11.1 Å². The summed E-state index contributed by atoms with van der Waals surface area (Å²) in [7, 11) is 0. The second-order valence-electron chi connectivity index (χ2n) is 2.58. The van der Waals surface area contributed by atoms with Crippen molar-refractivity contribution in [3.8, 4) is 0 Å². The minimum atomic E-state index is -0.292. The van der Waals surface area contributed by atoms with Gasteiger partial charge in [0.15, 0.2) is 0 Å². The first-order valence-electron chi connectivity index (χ1n) is 3.45. The molecule has 9 heavy (non-hydrogen) atoms. The molecule has 0 aliphatic carbocycles. The molecule has 1 saturated heterocycles. The van der Waals surface area contributed by atoms with E-state index in [4.69, 9.17) is 5.73 Å². The van der Waals surface area contributed by atoms with Crippen molar-refractivity contribution in [2.75, 3.05) is 13.1 Å². The Hall–Kier alpha value is -0.120. The zero-order valence-corrected chi connectivity index (χ0v) is 5.51. The van der Waals surface area contributed by atoms with Crippen molar-refractivity contribution in [2.24, 2.45) is 5.73 Å². The molecule has 0 aromatic heterocycles. The average molecular weight is 130 g/mol. The highest BCUT2D eigenvalue weighted by molar-refractivity contribution is 4.77. The molecule has 0 aromatic rings. The molecule has 1 rings (SSSR count). The highest BCUT2D eigenvalue weighted by Crippen LogP contribution is 2.02. The van der Waals surface area contributed by atoms with Gasteiger partial charge in [-0.05, 0) is 19.4 Å². The summed E-state index contributed by atoms with van der Waals surface area (Å²) in [4.78, 5) is 0. The SMILES string of the molecule is N[C@@H]1CNCCC[C@@H]1O. The summed E-state index contributed by atoms with van der Waals surface area (Å²) in [5, 5.41) is 12.3. The van der Waals surface area contributed by atoms with Crippen LogP contribution in [0.3, 0.4) is 0 Å². The Morgan fingerprint density at radius 2 is 2.33 bits per heavy atom. The number of aliphatic hydroxyl groups excluding tert-OH is 1. The van der Waals surface area contributed by atoms with Crippen LogP contribution in [0.2, 0.25) is 0 Å². The van der Waals surface area contributed by atoms with Gasteiger partial charge in [0.25, 0.3) is 0 Å². The fourth-order valence-electron chi connectivity index (χ4n) is 1.06. The van der Waals surface area contributed by atoms with Gasteiger partial charge in [0.1, 0.15) is 0 Å². The molecular formula is C6H14N2O. The van der Waals surface area contributed by atoms with Crippen molar-refractivity contribution in [2.45, 2.75) is 25.0 Å². The first kappa shape index (κ1) is 6.99. The smallest absolute Gasteiger partial charge is 0.0704 e. The molecule has 3 heteroatoms. The molecule has 0 unspecified atom stereocenters. The maximum Gasteiger partial charge on any atom is 0.0704 e. The van der Waals surface area contributed by atoms with E-state index in [0.717, 1.165) is 25.9 Å². The third kappa shape index (κ3) is 1.93. The monoisotopic (exact) mass is 130 g/mol. The van der Waals surface area contributed by atoms with Gasteiger partial charge in [0.05, 0.1) is 6.10 Å². The first-order valence-corrected chi connectivity index (χ1v) is 3.45. The zero-order chi connectivity index (χ0) is 6.69. The quantitative estimate of drug-likeness (QED) is 0.396. The van der Waals surface area contributed by atoms with Gasteiger partial charge in [0, 0.05) is 12.6 Å². The molecule has 0 saturated carbocycles. The fraction of sp³-hybridized carbons (Fsp3) is 1.00. The van der Waals surface area contributed by atoms with Crippen LogP contribution in [0, 0.1) is 0 Å². The van der Waals surface area contributed by atoms with Crippen molar-refractivity contribution in [1.82, 2.24) is 5.32 Å². The molecule has 0 aromatic carbocycles. The summed E-state index contributed by atoms with van der Waals surface area (Å²) in [6, 6.07) is -0.0625. The van der Waals surface area contributed by atoms with Crippen LogP contribution in [0.25, 0.3) is 0 Å². The Labute approximate surface area is 55.2 Å². The van der Waals surface area contributed by atoms with Crippen molar-refractivity contribution in [3.63, 3.8) is 0 Å². The third-order valence-electron chi connectivity index (χ3n) is 1.73. The summed E-state index contributed by atoms with van der Waals surface area (Å²) in [5.74, 6) is 0. The maximum absolute atomic E-state index is 9.19. The van der Waals surface area contributed by atoms with Gasteiger partial charge in [-0.1, -0.05) is 0 Å². The average Bonchev–Trinajstić information content (AvgIpc) is 1.99. The Kier molecular flexibility index (Phi) is 2.45. The van der Waals surface area contributed by atoms with Gasteiger partial charge in [-0.25, -0.2) is 0 Å². The second-order valence-corrected chi connectivity index (χ2v) is 2.58. The highest BCUT2D eigenvalue weighted by Gasteiger charge is 2.16. The Morgan fingerprint density at radius 1 is 1.56 bits per heavy atom. The lowest BCUT2D eigenvalue weighted by molar-refractivity contribution is 0.141. The predicted octanol–water partition coefficient (Wildman–Crippen LogP) is -0.942. The van der Waals surface area contributed by atoms with Gasteiger partial charge in [-0.2, -0.15) is 0 Å². The lowest BCUT2D eigenvalue weighted by atomic mass is 10.1. The number of rotatable bonds is 0. The van der Waals surface area contributed by atoms with Gasteiger partial charge < -0.3 is 16.2 Å². The summed E-state index contributed by atoms with van der Waals surface area (Å²) < 4.78 is 0. The van der Waals surface area contributed by atoms with Crippen LogP contribution in [-0.2, 0) is 0 Å². The molecular weight excluding hydrogens is 116 g/mol. The molecule has 54 valence electrons. The Morgan fingerprint density at radius 3 is 3.11 bits per heavy atom. The highest BCUT2D eigenvalue weighted by atomic mass is 16.3. The van der Waals surface area contributed by atoms with Gasteiger partial charge in [-0.15, -0.1) is 0 Å². The van der Waals surface area contributed by atoms with E-state index in [1.807, 2.05) is 0 Å². The lowest BCUT2D eigenvalue weighted by Crippen LogP contribution is -2.40. The zero-order valence-electron chi connectivity index (χ0n) is 5.51. The van der Waals surface area contributed by atoms with Crippen molar-refractivity contribution >= 4 is 0 Å². The molecule has 2 atom stereocenters. The van der Waals surface area contributed by atoms with E-state index < -0.39 is 0 Å². The summed E-state index contributed by atoms with van der Waals surface area (Å²) in [6.07, 6.45) is 1.59.